The van der Waals surface area contributed by atoms with Crippen LogP contribution in [0.4, 0.5) is 10.5 Å². The van der Waals surface area contributed by atoms with Crippen molar-refractivity contribution in [2.75, 3.05) is 11.9 Å². The lowest BCUT2D eigenvalue weighted by atomic mass is 10.1. The van der Waals surface area contributed by atoms with Crippen LogP contribution in [0, 0.1) is 13.8 Å². The molecule has 2 aromatic rings. The first-order valence-electron chi connectivity index (χ1n) is 9.47. The Bertz CT molecular complexity index is 880. The molecule has 146 valence electrons. The highest BCUT2D eigenvalue weighted by Gasteiger charge is 2.37. The summed E-state index contributed by atoms with van der Waals surface area (Å²) in [6, 6.07) is 14.5. The summed E-state index contributed by atoms with van der Waals surface area (Å²) < 4.78 is 0. The SMILES string of the molecule is Cc1ccc(NC(=O)CCC2NC(=O)N(CCc3ccccc3)C2=O)c(C)c1. The third-order valence-electron chi connectivity index (χ3n) is 4.89. The number of carbonyl (C=O) groups is 3. The second-order valence-electron chi connectivity index (χ2n) is 7.13. The molecule has 4 amide bonds. The Labute approximate surface area is 164 Å². The molecule has 1 aliphatic heterocycles. The maximum absolute atomic E-state index is 12.5. The van der Waals surface area contributed by atoms with E-state index in [1.807, 2.05) is 62.4 Å². The molecule has 2 N–H and O–H groups in total. The molecule has 1 unspecified atom stereocenters. The summed E-state index contributed by atoms with van der Waals surface area (Å²) in [4.78, 5) is 38.1. The van der Waals surface area contributed by atoms with Gasteiger partial charge in [-0.15, -0.1) is 0 Å². The van der Waals surface area contributed by atoms with Gasteiger partial charge >= 0.3 is 6.03 Å². The van der Waals surface area contributed by atoms with Crippen molar-refractivity contribution in [1.29, 1.82) is 0 Å². The molecule has 0 aliphatic carbocycles. The number of rotatable bonds is 7. The molecule has 28 heavy (non-hydrogen) atoms. The van der Waals surface area contributed by atoms with Crippen molar-refractivity contribution >= 4 is 23.5 Å². The van der Waals surface area contributed by atoms with Crippen LogP contribution in [-0.2, 0) is 16.0 Å². The lowest BCUT2D eigenvalue weighted by Gasteiger charge is -2.13. The van der Waals surface area contributed by atoms with Gasteiger partial charge in [0.25, 0.3) is 5.91 Å². The van der Waals surface area contributed by atoms with Gasteiger partial charge in [-0.2, -0.15) is 0 Å². The van der Waals surface area contributed by atoms with Crippen LogP contribution < -0.4 is 10.6 Å². The lowest BCUT2D eigenvalue weighted by molar-refractivity contribution is -0.127. The minimum atomic E-state index is -0.645. The highest BCUT2D eigenvalue weighted by Crippen LogP contribution is 2.17. The van der Waals surface area contributed by atoms with E-state index in [0.717, 1.165) is 22.4 Å². The van der Waals surface area contributed by atoms with Gasteiger partial charge in [-0.3, -0.25) is 14.5 Å². The van der Waals surface area contributed by atoms with Crippen molar-refractivity contribution in [3.8, 4) is 0 Å². The molecule has 6 nitrogen and oxygen atoms in total. The number of hydrogen-bond acceptors (Lipinski definition) is 3. The molecule has 0 aromatic heterocycles. The van der Waals surface area contributed by atoms with Gasteiger partial charge < -0.3 is 10.6 Å². The van der Waals surface area contributed by atoms with Crippen LogP contribution in [0.2, 0.25) is 0 Å². The van der Waals surface area contributed by atoms with E-state index in [0.29, 0.717) is 13.0 Å². The number of amides is 4. The molecule has 1 heterocycles. The largest absolute Gasteiger partial charge is 0.326 e. The van der Waals surface area contributed by atoms with Crippen molar-refractivity contribution in [1.82, 2.24) is 10.2 Å². The van der Waals surface area contributed by atoms with E-state index in [1.165, 1.54) is 4.90 Å². The molecule has 1 fully saturated rings. The number of nitrogens with one attached hydrogen (secondary N) is 2. The van der Waals surface area contributed by atoms with Crippen molar-refractivity contribution in [2.24, 2.45) is 0 Å². The molecule has 1 atom stereocenters. The molecule has 1 saturated heterocycles. The standard InChI is InChI=1S/C22H25N3O3/c1-15-8-9-18(16(2)14-15)23-20(26)11-10-19-21(27)25(22(28)24-19)13-12-17-6-4-3-5-7-17/h3-9,14,19H,10-13H2,1-2H3,(H,23,26)(H,24,28). The molecular weight excluding hydrogens is 354 g/mol. The Balaban J connectivity index is 1.50. The van der Waals surface area contributed by atoms with Gasteiger partial charge in [0.1, 0.15) is 6.04 Å². The van der Waals surface area contributed by atoms with Crippen LogP contribution in [0.15, 0.2) is 48.5 Å². The zero-order chi connectivity index (χ0) is 20.1. The van der Waals surface area contributed by atoms with E-state index < -0.39 is 6.04 Å². The third-order valence-corrected chi connectivity index (χ3v) is 4.89. The van der Waals surface area contributed by atoms with Gasteiger partial charge in [0.2, 0.25) is 5.91 Å². The molecule has 0 spiro atoms. The number of hydrogen-bond donors (Lipinski definition) is 2. The van der Waals surface area contributed by atoms with Crippen molar-refractivity contribution in [3.05, 3.63) is 65.2 Å². The molecule has 0 bridgehead atoms. The predicted octanol–water partition coefficient (Wildman–Crippen LogP) is 3.19. The van der Waals surface area contributed by atoms with Gasteiger partial charge in [0.15, 0.2) is 0 Å². The number of urea groups is 1. The van der Waals surface area contributed by atoms with E-state index in [2.05, 4.69) is 10.6 Å². The molecule has 0 radical (unpaired) electrons. The van der Waals surface area contributed by atoms with Crippen LogP contribution in [0.1, 0.15) is 29.5 Å². The zero-order valence-corrected chi connectivity index (χ0v) is 16.2. The average molecular weight is 379 g/mol. The normalized spacial score (nSPS) is 16.2. The average Bonchev–Trinajstić information content (AvgIpc) is 2.94. The summed E-state index contributed by atoms with van der Waals surface area (Å²) in [6.45, 7) is 4.27. The van der Waals surface area contributed by atoms with Crippen LogP contribution in [-0.4, -0.2) is 35.3 Å². The second kappa shape index (κ2) is 8.69. The summed E-state index contributed by atoms with van der Waals surface area (Å²) in [5.74, 6) is -0.433. The minimum absolute atomic E-state index is 0.163. The molecule has 6 heteroatoms. The van der Waals surface area contributed by atoms with Crippen molar-refractivity contribution < 1.29 is 14.4 Å². The number of benzene rings is 2. The molecular formula is C22H25N3O3. The van der Waals surface area contributed by atoms with Crippen LogP contribution >= 0.6 is 0 Å². The van der Waals surface area contributed by atoms with Gasteiger partial charge in [-0.05, 0) is 43.9 Å². The third kappa shape index (κ3) is 4.76. The van der Waals surface area contributed by atoms with Crippen molar-refractivity contribution in [2.45, 2.75) is 39.2 Å². The first-order valence-corrected chi connectivity index (χ1v) is 9.47. The summed E-state index contributed by atoms with van der Waals surface area (Å²) in [5.41, 5.74) is 3.96. The second-order valence-corrected chi connectivity index (χ2v) is 7.13. The smallest absolute Gasteiger partial charge is 0.324 e. The fraction of sp³-hybridized carbons (Fsp3) is 0.318. The first-order chi connectivity index (χ1) is 13.4. The Hall–Kier alpha value is -3.15. The van der Waals surface area contributed by atoms with Gasteiger partial charge in [0, 0.05) is 18.7 Å². The number of nitrogens with zero attached hydrogens (tertiary/aromatic N) is 1. The first kappa shape index (κ1) is 19.6. The van der Waals surface area contributed by atoms with Crippen LogP contribution in [0.3, 0.4) is 0 Å². The molecule has 0 saturated carbocycles. The summed E-state index contributed by atoms with van der Waals surface area (Å²) in [5, 5.41) is 5.55. The topological polar surface area (TPSA) is 78.5 Å². The van der Waals surface area contributed by atoms with Crippen LogP contribution in [0.5, 0.6) is 0 Å². The number of imide groups is 1. The Kier molecular flexibility index (Phi) is 6.09. The quantitative estimate of drug-likeness (QED) is 0.725. The van der Waals surface area contributed by atoms with E-state index >= 15 is 0 Å². The Morgan fingerprint density at radius 3 is 2.57 bits per heavy atom. The number of anilines is 1. The molecule has 2 aromatic carbocycles. The van der Waals surface area contributed by atoms with Crippen molar-refractivity contribution in [3.63, 3.8) is 0 Å². The Morgan fingerprint density at radius 2 is 1.86 bits per heavy atom. The van der Waals surface area contributed by atoms with Gasteiger partial charge in [-0.1, -0.05) is 48.0 Å². The zero-order valence-electron chi connectivity index (χ0n) is 16.2. The van der Waals surface area contributed by atoms with E-state index in [9.17, 15) is 14.4 Å². The van der Waals surface area contributed by atoms with E-state index in [4.69, 9.17) is 0 Å². The fourth-order valence-corrected chi connectivity index (χ4v) is 3.31. The fourth-order valence-electron chi connectivity index (χ4n) is 3.31. The maximum Gasteiger partial charge on any atom is 0.324 e. The lowest BCUT2D eigenvalue weighted by Crippen LogP contribution is -2.33. The van der Waals surface area contributed by atoms with Crippen LogP contribution in [0.25, 0.3) is 0 Å². The Morgan fingerprint density at radius 1 is 1.11 bits per heavy atom. The minimum Gasteiger partial charge on any atom is -0.326 e. The van der Waals surface area contributed by atoms with E-state index in [-0.39, 0.29) is 30.7 Å². The maximum atomic E-state index is 12.5. The van der Waals surface area contributed by atoms with Gasteiger partial charge in [-0.25, -0.2) is 4.79 Å². The molecule has 3 rings (SSSR count). The highest BCUT2D eigenvalue weighted by molar-refractivity contribution is 6.04. The number of aryl methyl sites for hydroxylation is 2. The van der Waals surface area contributed by atoms with E-state index in [1.54, 1.807) is 0 Å². The predicted molar refractivity (Wildman–Crippen MR) is 108 cm³/mol. The molecule has 1 aliphatic rings. The number of carbonyl (C=O) groups excluding carboxylic acids is 3. The summed E-state index contributed by atoms with van der Waals surface area (Å²) in [7, 11) is 0. The van der Waals surface area contributed by atoms with Gasteiger partial charge in [0.05, 0.1) is 0 Å². The summed E-state index contributed by atoms with van der Waals surface area (Å²) in [6.07, 6.45) is 1.06. The summed E-state index contributed by atoms with van der Waals surface area (Å²) >= 11 is 0. The monoisotopic (exact) mass is 379 g/mol. The highest BCUT2D eigenvalue weighted by atomic mass is 16.2.